The van der Waals surface area contributed by atoms with Crippen molar-refractivity contribution in [3.8, 4) is 0 Å². The van der Waals surface area contributed by atoms with Crippen LogP contribution < -0.4 is 11.1 Å². The van der Waals surface area contributed by atoms with Gasteiger partial charge < -0.3 is 25.9 Å². The number of fused-ring (bicyclic) bond motifs is 1. The van der Waals surface area contributed by atoms with Crippen LogP contribution >= 0.6 is 35.1 Å². The summed E-state index contributed by atoms with van der Waals surface area (Å²) in [6.07, 6.45) is 0.852. The van der Waals surface area contributed by atoms with E-state index in [1.165, 1.54) is 35.5 Å². The molecule has 0 spiro atoms. The van der Waals surface area contributed by atoms with E-state index in [-0.39, 0.29) is 28.1 Å². The average molecular weight is 584 g/mol. The number of rotatable bonds is 12. The summed E-state index contributed by atoms with van der Waals surface area (Å²) >= 11 is 3.54. The van der Waals surface area contributed by atoms with Gasteiger partial charge in [-0.15, -0.1) is 16.9 Å². The van der Waals surface area contributed by atoms with Gasteiger partial charge in [0.2, 0.25) is 16.7 Å². The van der Waals surface area contributed by atoms with Gasteiger partial charge >= 0.3 is 5.97 Å². The minimum atomic E-state index is -1.22. The second-order valence-electron chi connectivity index (χ2n) is 8.33. The first-order chi connectivity index (χ1) is 18.2. The van der Waals surface area contributed by atoms with Crippen LogP contribution in [0, 0.1) is 0 Å². The number of nitrogens with one attached hydrogen (secondary N) is 1. The van der Waals surface area contributed by atoms with E-state index >= 15 is 0 Å². The molecule has 0 saturated carbocycles. The van der Waals surface area contributed by atoms with Crippen LogP contribution in [0.3, 0.4) is 0 Å². The van der Waals surface area contributed by atoms with Crippen LogP contribution in [0.5, 0.6) is 0 Å². The monoisotopic (exact) mass is 583 g/mol. The zero-order chi connectivity index (χ0) is 27.4. The van der Waals surface area contributed by atoms with E-state index in [4.69, 9.17) is 10.6 Å². The van der Waals surface area contributed by atoms with Crippen molar-refractivity contribution < 1.29 is 24.3 Å². The number of nitrogens with zero attached hydrogens (tertiary/aromatic N) is 9. The third-order valence-corrected chi connectivity index (χ3v) is 8.36. The van der Waals surface area contributed by atoms with E-state index in [0.717, 1.165) is 24.5 Å². The molecular weight excluding hydrogens is 558 g/mol. The van der Waals surface area contributed by atoms with Crippen molar-refractivity contribution in [2.75, 3.05) is 45.0 Å². The number of anilines is 1. The van der Waals surface area contributed by atoms with E-state index in [2.05, 4.69) is 40.3 Å². The van der Waals surface area contributed by atoms with Gasteiger partial charge in [-0.3, -0.25) is 14.5 Å². The molecule has 0 aromatic carbocycles. The number of carbonyl (C=O) groups excluding carboxylic acids is 2. The summed E-state index contributed by atoms with van der Waals surface area (Å²) in [6.45, 7) is 1.50. The fourth-order valence-corrected chi connectivity index (χ4v) is 6.56. The molecule has 4 heterocycles. The lowest BCUT2D eigenvalue weighted by Gasteiger charge is -2.49. The summed E-state index contributed by atoms with van der Waals surface area (Å²) in [7, 11) is 5.22. The molecule has 2 unspecified atom stereocenters. The predicted molar refractivity (Wildman–Crippen MR) is 139 cm³/mol. The first kappa shape index (κ1) is 27.7. The summed E-state index contributed by atoms with van der Waals surface area (Å²) < 4.78 is 5.63. The molecule has 0 radical (unpaired) electrons. The van der Waals surface area contributed by atoms with Gasteiger partial charge in [-0.2, -0.15) is 9.36 Å². The van der Waals surface area contributed by atoms with Gasteiger partial charge in [0.25, 0.3) is 11.8 Å². The fraction of sp³-hybridized carbons (Fsp3) is 0.526. The Kier molecular flexibility index (Phi) is 8.80. The van der Waals surface area contributed by atoms with Gasteiger partial charge in [-0.05, 0) is 43.1 Å². The molecule has 4 rings (SSSR count). The number of carboxylic acids is 1. The number of aryl methyl sites for hydroxylation is 1. The molecule has 2 aliphatic heterocycles. The molecule has 204 valence electrons. The number of hydrogen-bond donors (Lipinski definition) is 3. The number of thioether (sulfide) groups is 2. The smallest absolute Gasteiger partial charge is 0.352 e. The number of aliphatic carboxylic acids is 1. The molecule has 2 aliphatic rings. The number of carboxylic acid groups (broad SMARTS) is 1. The Labute approximate surface area is 229 Å². The molecule has 38 heavy (non-hydrogen) atoms. The van der Waals surface area contributed by atoms with Gasteiger partial charge in [-0.25, -0.2) is 9.48 Å². The molecule has 1 saturated heterocycles. The van der Waals surface area contributed by atoms with Crippen LogP contribution in [0.15, 0.2) is 21.6 Å². The summed E-state index contributed by atoms with van der Waals surface area (Å²) in [5, 5.41) is 28.1. The second-order valence-corrected chi connectivity index (χ2v) is 11.2. The van der Waals surface area contributed by atoms with Crippen LogP contribution in [-0.4, -0.2) is 119 Å². The van der Waals surface area contributed by atoms with Crippen molar-refractivity contribution in [3.05, 3.63) is 17.1 Å². The van der Waals surface area contributed by atoms with Gasteiger partial charge in [0, 0.05) is 29.6 Å². The summed E-state index contributed by atoms with van der Waals surface area (Å²) in [5.41, 5.74) is 5.81. The Morgan fingerprint density at radius 3 is 2.84 bits per heavy atom. The molecular formula is C19H25N11O5S3. The predicted octanol–water partition coefficient (Wildman–Crippen LogP) is -1.06. The number of nitrogens with two attached hydrogens (primary N) is 1. The maximum Gasteiger partial charge on any atom is 0.352 e. The zero-order valence-corrected chi connectivity index (χ0v) is 23.0. The van der Waals surface area contributed by atoms with Crippen LogP contribution in [0.25, 0.3) is 0 Å². The van der Waals surface area contributed by atoms with Crippen molar-refractivity contribution in [2.24, 2.45) is 5.16 Å². The van der Waals surface area contributed by atoms with Crippen LogP contribution in [0.2, 0.25) is 0 Å². The van der Waals surface area contributed by atoms with Crippen molar-refractivity contribution >= 4 is 63.7 Å². The molecule has 4 N–H and O–H groups in total. The maximum atomic E-state index is 13.0. The first-order valence-corrected chi connectivity index (χ1v) is 14.0. The van der Waals surface area contributed by atoms with E-state index in [1.807, 2.05) is 14.1 Å². The summed E-state index contributed by atoms with van der Waals surface area (Å²) in [4.78, 5) is 49.9. The first-order valence-electron chi connectivity index (χ1n) is 11.2. The Balaban J connectivity index is 1.44. The number of hydrogen-bond acceptors (Lipinski definition) is 15. The number of amides is 2. The summed E-state index contributed by atoms with van der Waals surface area (Å²) in [6, 6.07) is -0.960. The molecule has 0 bridgehead atoms. The molecule has 1 fully saturated rings. The average Bonchev–Trinajstić information content (AvgIpc) is 3.51. The normalized spacial score (nSPS) is 19.4. The molecule has 2 atom stereocenters. The van der Waals surface area contributed by atoms with Crippen molar-refractivity contribution in [1.29, 1.82) is 0 Å². The van der Waals surface area contributed by atoms with E-state index in [1.54, 1.807) is 4.68 Å². The molecule has 2 aromatic heterocycles. The Bertz CT molecular complexity index is 1280. The van der Waals surface area contributed by atoms with E-state index < -0.39 is 29.2 Å². The second kappa shape index (κ2) is 12.0. The van der Waals surface area contributed by atoms with Crippen molar-refractivity contribution in [1.82, 2.24) is 44.7 Å². The molecule has 2 aromatic rings. The van der Waals surface area contributed by atoms with Gasteiger partial charge in [0.15, 0.2) is 5.13 Å². The molecule has 0 aliphatic carbocycles. The SMILES string of the molecule is CO/N=C(/C(=O)NC1C(=O)N2C(C(=O)O)=C(CSc3nnnn3CCCN(C)C)CSC12)c1nsc(N)n1. The zero-order valence-electron chi connectivity index (χ0n) is 20.6. The van der Waals surface area contributed by atoms with Crippen LogP contribution in [-0.2, 0) is 25.8 Å². The van der Waals surface area contributed by atoms with Crippen LogP contribution in [0.4, 0.5) is 5.13 Å². The van der Waals surface area contributed by atoms with Crippen molar-refractivity contribution in [3.63, 3.8) is 0 Å². The van der Waals surface area contributed by atoms with E-state index in [9.17, 15) is 19.5 Å². The lowest BCUT2D eigenvalue weighted by molar-refractivity contribution is -0.150. The Morgan fingerprint density at radius 2 is 2.18 bits per heavy atom. The van der Waals surface area contributed by atoms with Gasteiger partial charge in [-0.1, -0.05) is 16.9 Å². The number of oxime groups is 1. The van der Waals surface area contributed by atoms with Gasteiger partial charge in [0.1, 0.15) is 24.2 Å². The van der Waals surface area contributed by atoms with Crippen LogP contribution in [0.1, 0.15) is 12.2 Å². The lowest BCUT2D eigenvalue weighted by atomic mass is 10.0. The van der Waals surface area contributed by atoms with Gasteiger partial charge in [0.05, 0.1) is 0 Å². The Hall–Kier alpha value is -3.29. The highest BCUT2D eigenvalue weighted by Gasteiger charge is 2.54. The van der Waals surface area contributed by atoms with Crippen molar-refractivity contribution in [2.45, 2.75) is 29.5 Å². The summed E-state index contributed by atoms with van der Waals surface area (Å²) in [5.74, 6) is -1.92. The minimum Gasteiger partial charge on any atom is -0.477 e. The topological polar surface area (TPSA) is 207 Å². The highest BCUT2D eigenvalue weighted by molar-refractivity contribution is 8.01. The molecule has 2 amide bonds. The standard InChI is InChI=1S/C19H25N11O5S3/c1-28(2)5-4-6-29-19(23-26-27-29)37-8-9-7-36-16-11(15(32)30(16)12(9)17(33)34)21-14(31)10(24-35-3)13-22-18(20)38-25-13/h11,16H,4-8H2,1-3H3,(H,21,31)(H,33,34)(H2,20,22,25)/b24-10+. The number of carbonyl (C=O) groups is 3. The molecule has 16 nitrogen and oxygen atoms in total. The number of nitrogen functional groups attached to an aromatic ring is 1. The van der Waals surface area contributed by atoms with E-state index in [0.29, 0.717) is 23.0 Å². The highest BCUT2D eigenvalue weighted by Crippen LogP contribution is 2.41. The highest BCUT2D eigenvalue weighted by atomic mass is 32.2. The largest absolute Gasteiger partial charge is 0.477 e. The Morgan fingerprint density at radius 1 is 1.39 bits per heavy atom. The third-order valence-electron chi connectivity index (χ3n) is 5.44. The number of tetrazole rings is 1. The number of aromatic nitrogens is 6. The fourth-order valence-electron chi connectivity index (χ4n) is 3.74. The molecule has 19 heteroatoms. The maximum absolute atomic E-state index is 13.0. The third kappa shape index (κ3) is 5.89. The minimum absolute atomic E-state index is 0.0405. The lowest BCUT2D eigenvalue weighted by Crippen LogP contribution is -2.71. The number of β-lactam (4-membered cyclic amide) rings is 1. The quantitative estimate of drug-likeness (QED) is 0.118.